The van der Waals surface area contributed by atoms with Crippen molar-refractivity contribution < 1.29 is 14.3 Å². The maximum Gasteiger partial charge on any atom is 0.258 e. The Morgan fingerprint density at radius 2 is 1.84 bits per heavy atom. The van der Waals surface area contributed by atoms with Crippen LogP contribution in [0.1, 0.15) is 10.4 Å². The molecule has 1 amide bonds. The number of halogens is 1. The van der Waals surface area contributed by atoms with E-state index in [0.29, 0.717) is 39.9 Å². The Morgan fingerprint density at radius 1 is 1.12 bits per heavy atom. The fourth-order valence-corrected chi connectivity index (χ4v) is 3.69. The summed E-state index contributed by atoms with van der Waals surface area (Å²) in [6.07, 6.45) is 0. The van der Waals surface area contributed by atoms with Crippen molar-refractivity contribution in [2.75, 3.05) is 18.5 Å². The van der Waals surface area contributed by atoms with Crippen molar-refractivity contribution in [1.29, 1.82) is 0 Å². The van der Waals surface area contributed by atoms with E-state index in [2.05, 4.69) is 26.2 Å². The number of benzene rings is 2. The highest BCUT2D eigenvalue weighted by molar-refractivity contribution is 9.10. The number of fused-ring (bicyclic) bond motifs is 1. The number of nitrogens with zero attached hydrogens (tertiary/aromatic N) is 1. The molecule has 2 heterocycles. The summed E-state index contributed by atoms with van der Waals surface area (Å²) in [6, 6.07) is 13.3. The van der Waals surface area contributed by atoms with Crippen molar-refractivity contribution in [1.82, 2.24) is 4.98 Å². The number of anilines is 1. The van der Waals surface area contributed by atoms with E-state index < -0.39 is 0 Å². The highest BCUT2D eigenvalue weighted by atomic mass is 79.9. The van der Waals surface area contributed by atoms with Crippen molar-refractivity contribution in [2.24, 2.45) is 0 Å². The number of nitrogens with one attached hydrogen (secondary N) is 1. The summed E-state index contributed by atoms with van der Waals surface area (Å²) >= 11 is 4.81. The zero-order valence-electron chi connectivity index (χ0n) is 13.0. The molecule has 4 rings (SSSR count). The van der Waals surface area contributed by atoms with Crippen LogP contribution in [0, 0.1) is 0 Å². The van der Waals surface area contributed by atoms with Gasteiger partial charge in [-0.2, -0.15) is 0 Å². The first-order chi connectivity index (χ1) is 12.2. The minimum Gasteiger partial charge on any atom is -0.486 e. The Kier molecular flexibility index (Phi) is 4.42. The van der Waals surface area contributed by atoms with Gasteiger partial charge in [0.1, 0.15) is 13.2 Å². The fourth-order valence-electron chi connectivity index (χ4n) is 2.48. The van der Waals surface area contributed by atoms with Crippen LogP contribution in [0.3, 0.4) is 0 Å². The number of carbonyl (C=O) groups excluding carboxylic acids is 1. The average Bonchev–Trinajstić information content (AvgIpc) is 3.10. The van der Waals surface area contributed by atoms with E-state index in [1.807, 2.05) is 35.7 Å². The van der Waals surface area contributed by atoms with Gasteiger partial charge in [0.15, 0.2) is 16.6 Å². The fraction of sp³-hybridized carbons (Fsp3) is 0.111. The molecule has 126 valence electrons. The Bertz CT molecular complexity index is 927. The molecule has 0 saturated carbocycles. The predicted octanol–water partition coefficient (Wildman–Crippen LogP) is 4.60. The molecule has 5 nitrogen and oxygen atoms in total. The highest BCUT2D eigenvalue weighted by Crippen LogP contribution is 2.36. The van der Waals surface area contributed by atoms with Crippen LogP contribution in [0.2, 0.25) is 0 Å². The van der Waals surface area contributed by atoms with E-state index in [-0.39, 0.29) is 5.91 Å². The second-order valence-electron chi connectivity index (χ2n) is 5.33. The second kappa shape index (κ2) is 6.85. The summed E-state index contributed by atoms with van der Waals surface area (Å²) in [4.78, 5) is 17.1. The molecule has 0 spiro atoms. The summed E-state index contributed by atoms with van der Waals surface area (Å²) in [6.45, 7) is 0.981. The molecule has 0 radical (unpaired) electrons. The standard InChI is InChI=1S/C18H13BrN2O3S/c19-13-9-16-15(23-6-7-24-16)8-12(13)17(22)21-18-20-14(10-25-18)11-4-2-1-3-5-11/h1-5,8-10H,6-7H2,(H,20,21,22). The number of hydrogen-bond donors (Lipinski definition) is 1. The van der Waals surface area contributed by atoms with Crippen molar-refractivity contribution in [3.05, 3.63) is 57.9 Å². The molecular weight excluding hydrogens is 404 g/mol. The lowest BCUT2D eigenvalue weighted by Crippen LogP contribution is -2.17. The largest absolute Gasteiger partial charge is 0.486 e. The lowest BCUT2D eigenvalue weighted by Gasteiger charge is -2.19. The van der Waals surface area contributed by atoms with Crippen LogP contribution in [-0.4, -0.2) is 24.1 Å². The summed E-state index contributed by atoms with van der Waals surface area (Å²) < 4.78 is 11.7. The second-order valence-corrected chi connectivity index (χ2v) is 7.05. The minimum absolute atomic E-state index is 0.252. The van der Waals surface area contributed by atoms with Crippen LogP contribution < -0.4 is 14.8 Å². The normalized spacial score (nSPS) is 12.7. The summed E-state index contributed by atoms with van der Waals surface area (Å²) in [5.41, 5.74) is 2.32. The van der Waals surface area contributed by atoms with Crippen LogP contribution in [0.5, 0.6) is 11.5 Å². The Hall–Kier alpha value is -2.38. The van der Waals surface area contributed by atoms with E-state index in [0.717, 1.165) is 11.3 Å². The Balaban J connectivity index is 1.56. The molecule has 0 bridgehead atoms. The molecule has 0 saturated heterocycles. The maximum atomic E-state index is 12.6. The maximum absolute atomic E-state index is 12.6. The zero-order valence-corrected chi connectivity index (χ0v) is 15.4. The molecule has 1 aromatic heterocycles. The molecule has 7 heteroatoms. The van der Waals surface area contributed by atoms with E-state index in [9.17, 15) is 4.79 Å². The molecule has 0 aliphatic carbocycles. The first-order valence-electron chi connectivity index (χ1n) is 7.62. The van der Waals surface area contributed by atoms with Gasteiger partial charge in [-0.25, -0.2) is 4.98 Å². The third kappa shape index (κ3) is 3.38. The first kappa shape index (κ1) is 16.1. The smallest absolute Gasteiger partial charge is 0.258 e. The predicted molar refractivity (Wildman–Crippen MR) is 101 cm³/mol. The Morgan fingerprint density at radius 3 is 2.60 bits per heavy atom. The minimum atomic E-state index is -0.252. The van der Waals surface area contributed by atoms with Crippen molar-refractivity contribution in [3.8, 4) is 22.8 Å². The number of hydrogen-bond acceptors (Lipinski definition) is 5. The van der Waals surface area contributed by atoms with Gasteiger partial charge in [0.2, 0.25) is 0 Å². The molecular formula is C18H13BrN2O3S. The Labute approximate surface area is 156 Å². The van der Waals surface area contributed by atoms with Gasteiger partial charge in [0.05, 0.1) is 11.3 Å². The van der Waals surface area contributed by atoms with Gasteiger partial charge in [-0.15, -0.1) is 11.3 Å². The van der Waals surface area contributed by atoms with Gasteiger partial charge >= 0.3 is 0 Å². The molecule has 1 N–H and O–H groups in total. The van der Waals surface area contributed by atoms with E-state index in [4.69, 9.17) is 9.47 Å². The molecule has 2 aromatic carbocycles. The quantitative estimate of drug-likeness (QED) is 0.677. The monoisotopic (exact) mass is 416 g/mol. The molecule has 1 aliphatic heterocycles. The third-order valence-electron chi connectivity index (χ3n) is 3.67. The van der Waals surface area contributed by atoms with E-state index in [1.165, 1.54) is 11.3 Å². The van der Waals surface area contributed by atoms with Gasteiger partial charge in [0.25, 0.3) is 5.91 Å². The van der Waals surface area contributed by atoms with Crippen LogP contribution in [-0.2, 0) is 0 Å². The van der Waals surface area contributed by atoms with Gasteiger partial charge in [-0.3, -0.25) is 10.1 Å². The van der Waals surface area contributed by atoms with Crippen LogP contribution in [0.25, 0.3) is 11.3 Å². The van der Waals surface area contributed by atoms with Gasteiger partial charge in [0, 0.05) is 15.4 Å². The van der Waals surface area contributed by atoms with Crippen molar-refractivity contribution in [3.63, 3.8) is 0 Å². The molecule has 25 heavy (non-hydrogen) atoms. The lowest BCUT2D eigenvalue weighted by molar-refractivity contribution is 0.102. The summed E-state index contributed by atoms with van der Waals surface area (Å²) in [7, 11) is 0. The van der Waals surface area contributed by atoms with Crippen molar-refractivity contribution in [2.45, 2.75) is 0 Å². The van der Waals surface area contributed by atoms with Gasteiger partial charge in [-0.05, 0) is 28.1 Å². The number of rotatable bonds is 3. The molecule has 0 fully saturated rings. The summed E-state index contributed by atoms with van der Waals surface area (Å²) in [5, 5.41) is 5.31. The molecule has 1 aliphatic rings. The van der Waals surface area contributed by atoms with Crippen molar-refractivity contribution >= 4 is 38.3 Å². The number of ether oxygens (including phenoxy) is 2. The van der Waals surface area contributed by atoms with E-state index in [1.54, 1.807) is 12.1 Å². The first-order valence-corrected chi connectivity index (χ1v) is 9.29. The van der Waals surface area contributed by atoms with Crippen LogP contribution in [0.15, 0.2) is 52.3 Å². The van der Waals surface area contributed by atoms with E-state index >= 15 is 0 Å². The topological polar surface area (TPSA) is 60.5 Å². The summed E-state index contributed by atoms with van der Waals surface area (Å²) in [5.74, 6) is 0.955. The lowest BCUT2D eigenvalue weighted by atomic mass is 10.2. The van der Waals surface area contributed by atoms with Gasteiger partial charge in [-0.1, -0.05) is 30.3 Å². The molecule has 3 aromatic rings. The number of amides is 1. The SMILES string of the molecule is O=C(Nc1nc(-c2ccccc2)cs1)c1cc2c(cc1Br)OCCO2. The zero-order chi connectivity index (χ0) is 17.2. The number of carbonyl (C=O) groups is 1. The number of thiazole rings is 1. The third-order valence-corrected chi connectivity index (χ3v) is 5.08. The molecule has 0 unspecified atom stereocenters. The average molecular weight is 417 g/mol. The molecule has 0 atom stereocenters. The van der Waals surface area contributed by atoms with Gasteiger partial charge < -0.3 is 9.47 Å². The van der Waals surface area contributed by atoms with Crippen LogP contribution >= 0.6 is 27.3 Å². The number of aromatic nitrogens is 1. The highest BCUT2D eigenvalue weighted by Gasteiger charge is 2.19. The van der Waals surface area contributed by atoms with Crippen LogP contribution in [0.4, 0.5) is 5.13 Å².